The molecule has 30 heavy (non-hydrogen) atoms. The number of nitrogens with one attached hydrogen (secondary N) is 2. The van der Waals surface area contributed by atoms with Crippen molar-refractivity contribution in [2.75, 3.05) is 34.0 Å². The van der Waals surface area contributed by atoms with Crippen molar-refractivity contribution in [3.63, 3.8) is 0 Å². The molecule has 2 aromatic rings. The molecule has 168 valence electrons. The second kappa shape index (κ2) is 16.0. The molecule has 0 aromatic heterocycles. The number of hydrogen-bond acceptors (Lipinski definition) is 4. The van der Waals surface area contributed by atoms with Crippen molar-refractivity contribution < 1.29 is 9.47 Å². The lowest BCUT2D eigenvalue weighted by atomic mass is 9.95. The SMILES string of the molecule is CC.CC.COCC1Cc2ccccc2CN1.COCC1NCCc2ccccc21. The van der Waals surface area contributed by atoms with Crippen molar-refractivity contribution in [2.45, 2.75) is 59.2 Å². The molecule has 2 unspecified atom stereocenters. The summed E-state index contributed by atoms with van der Waals surface area (Å²) < 4.78 is 10.3. The maximum absolute atomic E-state index is 5.18. The quantitative estimate of drug-likeness (QED) is 0.745. The summed E-state index contributed by atoms with van der Waals surface area (Å²) in [4.78, 5) is 0. The van der Waals surface area contributed by atoms with E-state index in [1.54, 1.807) is 14.2 Å². The van der Waals surface area contributed by atoms with Crippen molar-refractivity contribution in [3.8, 4) is 0 Å². The maximum atomic E-state index is 5.18. The van der Waals surface area contributed by atoms with E-state index in [0.29, 0.717) is 12.1 Å². The monoisotopic (exact) mass is 414 g/mol. The van der Waals surface area contributed by atoms with E-state index in [4.69, 9.17) is 9.47 Å². The summed E-state index contributed by atoms with van der Waals surface area (Å²) in [6.45, 7) is 11.6. The summed E-state index contributed by atoms with van der Waals surface area (Å²) in [5, 5.41) is 6.90. The molecule has 0 saturated heterocycles. The van der Waals surface area contributed by atoms with Crippen molar-refractivity contribution in [2.24, 2.45) is 0 Å². The Balaban J connectivity index is 0.000000258. The lowest BCUT2D eigenvalue weighted by Crippen LogP contribution is -2.38. The molecule has 2 heterocycles. The van der Waals surface area contributed by atoms with Gasteiger partial charge in [0.2, 0.25) is 0 Å². The third-order valence-corrected chi connectivity index (χ3v) is 5.08. The van der Waals surface area contributed by atoms with Crippen LogP contribution >= 0.6 is 0 Å². The van der Waals surface area contributed by atoms with Crippen LogP contribution in [0.4, 0.5) is 0 Å². The first-order valence-electron chi connectivity index (χ1n) is 11.4. The fourth-order valence-corrected chi connectivity index (χ4v) is 3.75. The van der Waals surface area contributed by atoms with Crippen LogP contribution < -0.4 is 10.6 Å². The zero-order valence-electron chi connectivity index (χ0n) is 19.8. The summed E-state index contributed by atoms with van der Waals surface area (Å²) in [5.41, 5.74) is 5.75. The fourth-order valence-electron chi connectivity index (χ4n) is 3.75. The van der Waals surface area contributed by atoms with Gasteiger partial charge in [-0.15, -0.1) is 0 Å². The predicted molar refractivity (Wildman–Crippen MR) is 128 cm³/mol. The first-order chi connectivity index (χ1) is 14.8. The van der Waals surface area contributed by atoms with Gasteiger partial charge in [0.05, 0.1) is 19.3 Å². The van der Waals surface area contributed by atoms with Crippen LogP contribution in [0.25, 0.3) is 0 Å². The van der Waals surface area contributed by atoms with E-state index >= 15 is 0 Å². The third kappa shape index (κ3) is 8.19. The normalized spacial score (nSPS) is 18.7. The van der Waals surface area contributed by atoms with Gasteiger partial charge in [-0.1, -0.05) is 76.2 Å². The molecule has 0 fully saturated rings. The zero-order chi connectivity index (χ0) is 22.2. The molecule has 0 radical (unpaired) electrons. The van der Waals surface area contributed by atoms with Crippen LogP contribution in [0, 0.1) is 0 Å². The highest BCUT2D eigenvalue weighted by atomic mass is 16.5. The molecule has 0 saturated carbocycles. The number of fused-ring (bicyclic) bond motifs is 2. The van der Waals surface area contributed by atoms with Crippen molar-refractivity contribution in [3.05, 3.63) is 70.8 Å². The van der Waals surface area contributed by atoms with Crippen molar-refractivity contribution >= 4 is 0 Å². The number of benzene rings is 2. The Bertz CT molecular complexity index is 690. The molecule has 0 amide bonds. The topological polar surface area (TPSA) is 42.5 Å². The van der Waals surface area contributed by atoms with Crippen LogP contribution in [0.3, 0.4) is 0 Å². The largest absolute Gasteiger partial charge is 0.383 e. The second-order valence-electron chi connectivity index (χ2n) is 6.92. The molecule has 0 bridgehead atoms. The van der Waals surface area contributed by atoms with Crippen LogP contribution in [0.5, 0.6) is 0 Å². The van der Waals surface area contributed by atoms with Gasteiger partial charge in [0.25, 0.3) is 0 Å². The van der Waals surface area contributed by atoms with Crippen LogP contribution in [0.1, 0.15) is 56.0 Å². The van der Waals surface area contributed by atoms with Crippen molar-refractivity contribution in [1.29, 1.82) is 0 Å². The minimum Gasteiger partial charge on any atom is -0.383 e. The Kier molecular flexibility index (Phi) is 14.1. The predicted octanol–water partition coefficient (Wildman–Crippen LogP) is 4.92. The van der Waals surface area contributed by atoms with E-state index in [9.17, 15) is 0 Å². The summed E-state index contributed by atoms with van der Waals surface area (Å²) in [6, 6.07) is 18.1. The van der Waals surface area contributed by atoms with E-state index in [1.165, 1.54) is 22.3 Å². The molecule has 0 aliphatic carbocycles. The Morgan fingerprint density at radius 3 is 2.03 bits per heavy atom. The Morgan fingerprint density at radius 2 is 1.37 bits per heavy atom. The number of hydrogen-bond donors (Lipinski definition) is 2. The molecule has 4 heteroatoms. The van der Waals surface area contributed by atoms with Gasteiger partial charge in [-0.05, 0) is 41.6 Å². The lowest BCUT2D eigenvalue weighted by Gasteiger charge is -2.26. The van der Waals surface area contributed by atoms with Gasteiger partial charge in [-0.25, -0.2) is 0 Å². The average Bonchev–Trinajstić information content (AvgIpc) is 2.83. The smallest absolute Gasteiger partial charge is 0.0657 e. The summed E-state index contributed by atoms with van der Waals surface area (Å²) in [6.07, 6.45) is 2.22. The lowest BCUT2D eigenvalue weighted by molar-refractivity contribution is 0.162. The molecule has 2 N–H and O–H groups in total. The van der Waals surface area contributed by atoms with Crippen LogP contribution in [0.15, 0.2) is 48.5 Å². The zero-order valence-corrected chi connectivity index (χ0v) is 19.8. The Morgan fingerprint density at radius 1 is 0.767 bits per heavy atom. The Labute approximate surface area is 184 Å². The van der Waals surface area contributed by atoms with E-state index in [-0.39, 0.29) is 0 Å². The molecular weight excluding hydrogens is 372 g/mol. The highest BCUT2D eigenvalue weighted by Gasteiger charge is 2.18. The molecule has 2 aliphatic rings. The molecule has 2 aromatic carbocycles. The van der Waals surface area contributed by atoms with Crippen LogP contribution in [0.2, 0.25) is 0 Å². The Hall–Kier alpha value is -1.72. The number of rotatable bonds is 4. The highest BCUT2D eigenvalue weighted by Crippen LogP contribution is 2.22. The van der Waals surface area contributed by atoms with Crippen LogP contribution in [-0.2, 0) is 28.9 Å². The third-order valence-electron chi connectivity index (χ3n) is 5.08. The number of methoxy groups -OCH3 is 2. The highest BCUT2D eigenvalue weighted by molar-refractivity contribution is 5.32. The summed E-state index contributed by atoms with van der Waals surface area (Å²) in [5.74, 6) is 0. The first kappa shape index (κ1) is 26.3. The van der Waals surface area contributed by atoms with Gasteiger partial charge in [0.1, 0.15) is 0 Å². The first-order valence-corrected chi connectivity index (χ1v) is 11.4. The fraction of sp³-hybridized carbons (Fsp3) is 0.538. The van der Waals surface area contributed by atoms with Gasteiger partial charge >= 0.3 is 0 Å². The average molecular weight is 415 g/mol. The van der Waals surface area contributed by atoms with Gasteiger partial charge in [-0.3, -0.25) is 0 Å². The van der Waals surface area contributed by atoms with Crippen molar-refractivity contribution in [1.82, 2.24) is 10.6 Å². The van der Waals surface area contributed by atoms with Gasteiger partial charge in [-0.2, -0.15) is 0 Å². The molecule has 4 rings (SSSR count). The standard InChI is InChI=1S/2C11H15NO.2C2H6/c1-13-8-11-6-9-4-2-3-5-10(9)7-12-11;1-13-8-11-10-5-3-2-4-9(10)6-7-12-11;2*1-2/h2*2-5,11-12H,6-8H2,1H3;2*1-2H3. The maximum Gasteiger partial charge on any atom is 0.0657 e. The molecular formula is C26H42N2O2. The molecule has 4 nitrogen and oxygen atoms in total. The van der Waals surface area contributed by atoms with Gasteiger partial charge in [0, 0.05) is 26.8 Å². The summed E-state index contributed by atoms with van der Waals surface area (Å²) in [7, 11) is 3.50. The minimum absolute atomic E-state index is 0.384. The van der Waals surface area contributed by atoms with E-state index in [0.717, 1.165) is 39.1 Å². The summed E-state index contributed by atoms with van der Waals surface area (Å²) >= 11 is 0. The van der Waals surface area contributed by atoms with Gasteiger partial charge in [0.15, 0.2) is 0 Å². The number of ether oxygens (including phenoxy) is 2. The van der Waals surface area contributed by atoms with E-state index in [1.807, 2.05) is 27.7 Å². The van der Waals surface area contributed by atoms with Crippen LogP contribution in [-0.4, -0.2) is 40.0 Å². The molecule has 2 atom stereocenters. The molecule has 2 aliphatic heterocycles. The minimum atomic E-state index is 0.384. The van der Waals surface area contributed by atoms with E-state index in [2.05, 4.69) is 59.2 Å². The van der Waals surface area contributed by atoms with E-state index < -0.39 is 0 Å². The second-order valence-corrected chi connectivity index (χ2v) is 6.92. The molecule has 0 spiro atoms. The van der Waals surface area contributed by atoms with Gasteiger partial charge < -0.3 is 20.1 Å².